The molecule has 0 radical (unpaired) electrons. The highest BCUT2D eigenvalue weighted by Crippen LogP contribution is 2.32. The van der Waals surface area contributed by atoms with Crippen LogP contribution in [0.5, 0.6) is 0 Å². The van der Waals surface area contributed by atoms with Crippen LogP contribution in [0.15, 0.2) is 21.1 Å². The summed E-state index contributed by atoms with van der Waals surface area (Å²) in [7, 11) is 3.89. The van der Waals surface area contributed by atoms with E-state index in [2.05, 4.69) is 37.2 Å². The van der Waals surface area contributed by atoms with Gasteiger partial charge in [0, 0.05) is 22.0 Å². The molecule has 0 saturated carbocycles. The maximum atomic E-state index is 9.78. The summed E-state index contributed by atoms with van der Waals surface area (Å²) in [6.07, 6.45) is -0.384. The van der Waals surface area contributed by atoms with Crippen molar-refractivity contribution in [1.29, 1.82) is 0 Å². The van der Waals surface area contributed by atoms with Gasteiger partial charge in [0.05, 0.1) is 11.8 Å². The Bertz CT molecular complexity index is 360. The lowest BCUT2D eigenvalue weighted by molar-refractivity contribution is 0.148. The summed E-state index contributed by atoms with van der Waals surface area (Å²) in [6, 6.07) is 4.09. The first-order valence-electron chi connectivity index (χ1n) is 5.42. The molecule has 0 spiro atoms. The molecule has 1 aromatic carbocycles. The van der Waals surface area contributed by atoms with Crippen LogP contribution in [0, 0.1) is 6.92 Å². The average molecular weight is 366 g/mol. The van der Waals surface area contributed by atoms with Crippen LogP contribution in [0.1, 0.15) is 5.56 Å². The van der Waals surface area contributed by atoms with E-state index >= 15 is 0 Å². The second-order valence-corrected chi connectivity index (χ2v) is 6.11. The lowest BCUT2D eigenvalue weighted by Crippen LogP contribution is -2.31. The fraction of sp³-hybridized carbons (Fsp3) is 0.500. The minimum atomic E-state index is -0.384. The third-order valence-electron chi connectivity index (χ3n) is 2.28. The van der Waals surface area contributed by atoms with E-state index in [0.717, 1.165) is 14.6 Å². The molecule has 3 nitrogen and oxygen atoms in total. The summed E-state index contributed by atoms with van der Waals surface area (Å²) in [5, 5.41) is 13.0. The molecule has 0 amide bonds. The van der Waals surface area contributed by atoms with Crippen LogP contribution < -0.4 is 5.32 Å². The molecule has 1 rings (SSSR count). The van der Waals surface area contributed by atoms with Gasteiger partial charge in [-0.3, -0.25) is 0 Å². The number of aryl methyl sites for hydroxylation is 1. The van der Waals surface area contributed by atoms with Gasteiger partial charge in [-0.1, -0.05) is 0 Å². The molecule has 5 heteroatoms. The molecular formula is C12H18Br2N2O. The van der Waals surface area contributed by atoms with E-state index in [-0.39, 0.29) is 6.10 Å². The summed E-state index contributed by atoms with van der Waals surface area (Å²) < 4.78 is 2.00. The molecule has 0 saturated heterocycles. The molecule has 0 heterocycles. The first-order chi connectivity index (χ1) is 7.90. The second-order valence-electron chi connectivity index (χ2n) is 4.40. The van der Waals surface area contributed by atoms with Gasteiger partial charge in [-0.15, -0.1) is 0 Å². The number of likely N-dealkylation sites (N-methyl/N-ethyl adjacent to an activating group) is 1. The smallest absolute Gasteiger partial charge is 0.0838 e. The van der Waals surface area contributed by atoms with E-state index in [0.29, 0.717) is 13.1 Å². The Morgan fingerprint density at radius 3 is 2.29 bits per heavy atom. The van der Waals surface area contributed by atoms with Crippen LogP contribution in [0.3, 0.4) is 0 Å². The fourth-order valence-electron chi connectivity index (χ4n) is 1.57. The predicted molar refractivity (Wildman–Crippen MR) is 79.6 cm³/mol. The average Bonchev–Trinajstić information content (AvgIpc) is 2.14. The Labute approximate surface area is 119 Å². The minimum Gasteiger partial charge on any atom is -0.390 e. The van der Waals surface area contributed by atoms with E-state index in [9.17, 15) is 5.11 Å². The first-order valence-corrected chi connectivity index (χ1v) is 7.01. The molecule has 0 aliphatic heterocycles. The van der Waals surface area contributed by atoms with Gasteiger partial charge in [0.1, 0.15) is 0 Å². The molecule has 0 aliphatic rings. The van der Waals surface area contributed by atoms with Crippen molar-refractivity contribution >= 4 is 37.5 Å². The molecule has 1 aromatic rings. The molecule has 0 fully saturated rings. The summed E-state index contributed by atoms with van der Waals surface area (Å²) in [4.78, 5) is 1.96. The lowest BCUT2D eigenvalue weighted by atomic mass is 10.2. The number of hydrogen-bond acceptors (Lipinski definition) is 3. The summed E-state index contributed by atoms with van der Waals surface area (Å²) in [5.74, 6) is 0. The second kappa shape index (κ2) is 6.73. The number of benzene rings is 1. The van der Waals surface area contributed by atoms with Crippen LogP contribution in [-0.2, 0) is 0 Å². The van der Waals surface area contributed by atoms with Gasteiger partial charge < -0.3 is 15.3 Å². The van der Waals surface area contributed by atoms with Crippen LogP contribution in [0.25, 0.3) is 0 Å². The molecular weight excluding hydrogens is 348 g/mol. The Balaban J connectivity index is 2.63. The molecule has 17 heavy (non-hydrogen) atoms. The summed E-state index contributed by atoms with van der Waals surface area (Å²) in [6.45, 7) is 3.22. The molecule has 2 N–H and O–H groups in total. The zero-order valence-corrected chi connectivity index (χ0v) is 13.5. The maximum Gasteiger partial charge on any atom is 0.0838 e. The molecule has 0 bridgehead atoms. The van der Waals surface area contributed by atoms with E-state index in [1.54, 1.807) is 0 Å². The number of anilines is 1. The zero-order chi connectivity index (χ0) is 13.0. The number of nitrogens with zero attached hydrogens (tertiary/aromatic N) is 1. The summed E-state index contributed by atoms with van der Waals surface area (Å²) >= 11 is 7.03. The van der Waals surface area contributed by atoms with Crippen molar-refractivity contribution in [2.75, 3.05) is 32.5 Å². The highest BCUT2D eigenvalue weighted by Gasteiger charge is 2.09. The van der Waals surface area contributed by atoms with Crippen LogP contribution in [0.4, 0.5) is 5.69 Å². The number of hydrogen-bond donors (Lipinski definition) is 2. The van der Waals surface area contributed by atoms with Gasteiger partial charge in [-0.25, -0.2) is 0 Å². The van der Waals surface area contributed by atoms with Crippen LogP contribution >= 0.6 is 31.9 Å². The van der Waals surface area contributed by atoms with Crippen molar-refractivity contribution in [2.45, 2.75) is 13.0 Å². The molecule has 96 valence electrons. The molecule has 1 unspecified atom stereocenters. The number of aliphatic hydroxyl groups is 1. The Kier molecular flexibility index (Phi) is 5.92. The van der Waals surface area contributed by atoms with Crippen molar-refractivity contribution in [3.63, 3.8) is 0 Å². The lowest BCUT2D eigenvalue weighted by Gasteiger charge is -2.18. The van der Waals surface area contributed by atoms with E-state index in [4.69, 9.17) is 0 Å². The fourth-order valence-corrected chi connectivity index (χ4v) is 3.27. The van der Waals surface area contributed by atoms with Crippen LogP contribution in [0.2, 0.25) is 0 Å². The van der Waals surface area contributed by atoms with Gasteiger partial charge in [-0.05, 0) is 70.6 Å². The number of aliphatic hydroxyl groups excluding tert-OH is 1. The topological polar surface area (TPSA) is 35.5 Å². The van der Waals surface area contributed by atoms with Crippen molar-refractivity contribution in [2.24, 2.45) is 0 Å². The first kappa shape index (κ1) is 15.0. The largest absolute Gasteiger partial charge is 0.390 e. The van der Waals surface area contributed by atoms with Gasteiger partial charge in [0.15, 0.2) is 0 Å². The van der Waals surface area contributed by atoms with Gasteiger partial charge in [0.2, 0.25) is 0 Å². The summed E-state index contributed by atoms with van der Waals surface area (Å²) in [5.41, 5.74) is 2.16. The minimum absolute atomic E-state index is 0.384. The van der Waals surface area contributed by atoms with Gasteiger partial charge in [-0.2, -0.15) is 0 Å². The van der Waals surface area contributed by atoms with E-state index < -0.39 is 0 Å². The maximum absolute atomic E-state index is 9.78. The monoisotopic (exact) mass is 364 g/mol. The Morgan fingerprint density at radius 1 is 1.29 bits per heavy atom. The molecule has 0 aliphatic carbocycles. The number of halogens is 2. The highest BCUT2D eigenvalue weighted by molar-refractivity contribution is 9.11. The molecule has 1 atom stereocenters. The quantitative estimate of drug-likeness (QED) is 0.842. The van der Waals surface area contributed by atoms with Crippen molar-refractivity contribution in [3.05, 3.63) is 26.6 Å². The number of rotatable bonds is 5. The van der Waals surface area contributed by atoms with Crippen LogP contribution in [-0.4, -0.2) is 43.3 Å². The normalized spacial score (nSPS) is 12.9. The zero-order valence-electron chi connectivity index (χ0n) is 10.3. The standard InChI is InChI=1S/C12H18Br2N2O/c1-8-4-10(13)12(11(14)5-8)15-6-9(17)7-16(2)3/h4-5,9,15,17H,6-7H2,1-3H3. The highest BCUT2D eigenvalue weighted by atomic mass is 79.9. The Morgan fingerprint density at radius 2 is 1.82 bits per heavy atom. The van der Waals surface area contributed by atoms with E-state index in [1.807, 2.05) is 38.1 Å². The SMILES string of the molecule is Cc1cc(Br)c(NCC(O)CN(C)C)c(Br)c1. The Hall–Kier alpha value is -0.100. The third-order valence-corrected chi connectivity index (χ3v) is 3.53. The van der Waals surface area contributed by atoms with Crippen molar-refractivity contribution in [1.82, 2.24) is 4.90 Å². The predicted octanol–water partition coefficient (Wildman–Crippen LogP) is 2.85. The van der Waals surface area contributed by atoms with Gasteiger partial charge >= 0.3 is 0 Å². The van der Waals surface area contributed by atoms with Crippen molar-refractivity contribution < 1.29 is 5.11 Å². The third kappa shape index (κ3) is 4.95. The number of nitrogens with one attached hydrogen (secondary N) is 1. The van der Waals surface area contributed by atoms with Gasteiger partial charge in [0.25, 0.3) is 0 Å². The van der Waals surface area contributed by atoms with Crippen molar-refractivity contribution in [3.8, 4) is 0 Å². The molecule has 0 aromatic heterocycles. The van der Waals surface area contributed by atoms with E-state index in [1.165, 1.54) is 5.56 Å².